The van der Waals surface area contributed by atoms with Gasteiger partial charge in [0.25, 0.3) is 11.5 Å². The third kappa shape index (κ3) is 4.50. The first kappa shape index (κ1) is 21.6. The van der Waals surface area contributed by atoms with Crippen molar-refractivity contribution >= 4 is 28.6 Å². The number of rotatable bonds is 7. The molecular formula is C22H22N6O3S. The molecule has 32 heavy (non-hydrogen) atoms. The highest BCUT2D eigenvalue weighted by Crippen LogP contribution is 2.31. The van der Waals surface area contributed by atoms with Crippen LogP contribution in [0.4, 0.5) is 0 Å². The fourth-order valence-electron chi connectivity index (χ4n) is 3.12. The largest absolute Gasteiger partial charge is 0.497 e. The lowest BCUT2D eigenvalue weighted by Gasteiger charge is -2.11. The zero-order valence-electron chi connectivity index (χ0n) is 17.8. The van der Waals surface area contributed by atoms with Crippen molar-refractivity contribution in [2.75, 3.05) is 7.11 Å². The standard InChI is InChI=1S/C22H22N6O3S/c1-13(19-24-17-7-5-4-6-16(17)21(30)25-19)32-22-27-26-18(28(22)2)12-23-20(29)14-8-10-15(31-3)11-9-14/h4-11,13H,12H2,1-3H3,(H,23,29)(H,24,25,30). The van der Waals surface area contributed by atoms with E-state index in [4.69, 9.17) is 4.74 Å². The molecule has 2 aromatic carbocycles. The monoisotopic (exact) mass is 450 g/mol. The molecule has 0 aliphatic rings. The van der Waals surface area contributed by atoms with Crippen LogP contribution in [0.1, 0.15) is 34.2 Å². The highest BCUT2D eigenvalue weighted by Gasteiger charge is 2.17. The van der Waals surface area contributed by atoms with Crippen molar-refractivity contribution in [2.24, 2.45) is 7.05 Å². The number of carbonyl (C=O) groups excluding carboxylic acids is 1. The van der Waals surface area contributed by atoms with Crippen molar-refractivity contribution in [1.82, 2.24) is 30.0 Å². The number of aromatic nitrogens is 5. The minimum Gasteiger partial charge on any atom is -0.497 e. The summed E-state index contributed by atoms with van der Waals surface area (Å²) in [5.41, 5.74) is 1.01. The molecule has 2 aromatic heterocycles. The number of hydrogen-bond acceptors (Lipinski definition) is 7. The minimum absolute atomic E-state index is 0.156. The van der Waals surface area contributed by atoms with E-state index < -0.39 is 0 Å². The summed E-state index contributed by atoms with van der Waals surface area (Å²) in [7, 11) is 3.41. The highest BCUT2D eigenvalue weighted by molar-refractivity contribution is 7.99. The molecule has 0 aliphatic carbocycles. The number of thioether (sulfide) groups is 1. The Balaban J connectivity index is 1.43. The van der Waals surface area contributed by atoms with Crippen LogP contribution in [0.5, 0.6) is 5.75 Å². The maximum atomic E-state index is 12.4. The van der Waals surface area contributed by atoms with Crippen LogP contribution < -0.4 is 15.6 Å². The Labute approximate surface area is 188 Å². The number of fused-ring (bicyclic) bond motifs is 1. The number of carbonyl (C=O) groups is 1. The summed E-state index contributed by atoms with van der Waals surface area (Å²) in [5.74, 6) is 1.65. The van der Waals surface area contributed by atoms with Crippen LogP contribution >= 0.6 is 11.8 Å². The Morgan fingerprint density at radius 3 is 2.69 bits per heavy atom. The van der Waals surface area contributed by atoms with Crippen molar-refractivity contribution in [3.8, 4) is 5.75 Å². The number of nitrogens with zero attached hydrogens (tertiary/aromatic N) is 4. The summed E-state index contributed by atoms with van der Waals surface area (Å²) >= 11 is 1.43. The second kappa shape index (κ2) is 9.23. The lowest BCUT2D eigenvalue weighted by atomic mass is 10.2. The third-order valence-corrected chi connectivity index (χ3v) is 6.13. The fraction of sp³-hybridized carbons (Fsp3) is 0.227. The molecular weight excluding hydrogens is 428 g/mol. The SMILES string of the molecule is COc1ccc(C(=O)NCc2nnc(SC(C)c3nc4ccccc4c(=O)[nH]3)n2C)cc1. The van der Waals surface area contributed by atoms with Gasteiger partial charge in [-0.25, -0.2) is 4.98 Å². The van der Waals surface area contributed by atoms with Gasteiger partial charge in [0, 0.05) is 12.6 Å². The Morgan fingerprint density at radius 2 is 1.94 bits per heavy atom. The molecule has 0 fully saturated rings. The highest BCUT2D eigenvalue weighted by atomic mass is 32.2. The Hall–Kier alpha value is -3.66. The third-order valence-electron chi connectivity index (χ3n) is 4.98. The van der Waals surface area contributed by atoms with Crippen LogP contribution in [0, 0.1) is 0 Å². The maximum Gasteiger partial charge on any atom is 0.258 e. The van der Waals surface area contributed by atoms with E-state index in [1.54, 1.807) is 37.4 Å². The number of ether oxygens (including phenoxy) is 1. The van der Waals surface area contributed by atoms with E-state index in [0.29, 0.717) is 39.0 Å². The second-order valence-corrected chi connectivity index (χ2v) is 8.41. The van der Waals surface area contributed by atoms with Crippen molar-refractivity contribution in [3.05, 3.63) is 76.1 Å². The lowest BCUT2D eigenvalue weighted by Crippen LogP contribution is -2.24. The van der Waals surface area contributed by atoms with E-state index in [1.165, 1.54) is 11.8 Å². The van der Waals surface area contributed by atoms with Gasteiger partial charge in [-0.05, 0) is 43.3 Å². The molecule has 1 atom stereocenters. The minimum atomic E-state index is -0.212. The normalized spacial score (nSPS) is 12.0. The summed E-state index contributed by atoms with van der Waals surface area (Å²) in [5, 5.41) is 12.3. The van der Waals surface area contributed by atoms with Crippen molar-refractivity contribution in [3.63, 3.8) is 0 Å². The van der Waals surface area contributed by atoms with Crippen LogP contribution in [-0.2, 0) is 13.6 Å². The van der Waals surface area contributed by atoms with Gasteiger partial charge in [-0.3, -0.25) is 9.59 Å². The molecule has 1 amide bonds. The van der Waals surface area contributed by atoms with E-state index in [-0.39, 0.29) is 23.3 Å². The van der Waals surface area contributed by atoms with Crippen molar-refractivity contribution in [1.29, 1.82) is 0 Å². The predicted octanol–water partition coefficient (Wildman–Crippen LogP) is 2.84. The Morgan fingerprint density at radius 1 is 1.19 bits per heavy atom. The molecule has 0 saturated heterocycles. The van der Waals surface area contributed by atoms with Crippen LogP contribution in [0.3, 0.4) is 0 Å². The molecule has 0 radical (unpaired) electrons. The quantitative estimate of drug-likeness (QED) is 0.416. The molecule has 0 aliphatic heterocycles. The Bertz CT molecular complexity index is 1320. The molecule has 0 bridgehead atoms. The number of hydrogen-bond donors (Lipinski definition) is 2. The molecule has 0 spiro atoms. The van der Waals surface area contributed by atoms with Gasteiger partial charge in [-0.1, -0.05) is 23.9 Å². The molecule has 4 rings (SSSR count). The molecule has 1 unspecified atom stereocenters. The number of benzene rings is 2. The van der Waals surface area contributed by atoms with E-state index in [1.807, 2.05) is 36.7 Å². The van der Waals surface area contributed by atoms with Crippen LogP contribution in [0.15, 0.2) is 58.5 Å². The number of methoxy groups -OCH3 is 1. The summed E-state index contributed by atoms with van der Waals surface area (Å²) in [6.45, 7) is 2.17. The number of amides is 1. The van der Waals surface area contributed by atoms with Crippen molar-refractivity contribution in [2.45, 2.75) is 23.9 Å². The van der Waals surface area contributed by atoms with Gasteiger partial charge >= 0.3 is 0 Å². The fourth-order valence-corrected chi connectivity index (χ4v) is 4.01. The van der Waals surface area contributed by atoms with Gasteiger partial charge in [0.1, 0.15) is 11.6 Å². The first-order chi connectivity index (χ1) is 15.5. The number of para-hydroxylation sites is 1. The Kier molecular flexibility index (Phi) is 6.22. The molecule has 2 heterocycles. The lowest BCUT2D eigenvalue weighted by molar-refractivity contribution is 0.0949. The predicted molar refractivity (Wildman–Crippen MR) is 122 cm³/mol. The zero-order valence-corrected chi connectivity index (χ0v) is 18.6. The summed E-state index contributed by atoms with van der Waals surface area (Å²) in [6.07, 6.45) is 0. The van der Waals surface area contributed by atoms with E-state index in [9.17, 15) is 9.59 Å². The number of aromatic amines is 1. The van der Waals surface area contributed by atoms with Crippen LogP contribution in [0.2, 0.25) is 0 Å². The van der Waals surface area contributed by atoms with Gasteiger partial charge in [-0.2, -0.15) is 0 Å². The van der Waals surface area contributed by atoms with E-state index in [0.717, 1.165) is 0 Å². The average Bonchev–Trinajstić information content (AvgIpc) is 3.16. The summed E-state index contributed by atoms with van der Waals surface area (Å²) in [6, 6.07) is 14.1. The van der Waals surface area contributed by atoms with Gasteiger partial charge < -0.3 is 19.6 Å². The molecule has 0 saturated carbocycles. The number of nitrogens with one attached hydrogen (secondary N) is 2. The van der Waals surface area contributed by atoms with Gasteiger partial charge in [0.15, 0.2) is 11.0 Å². The maximum absolute atomic E-state index is 12.4. The van der Waals surface area contributed by atoms with Gasteiger partial charge in [0.05, 0.1) is 29.8 Å². The van der Waals surface area contributed by atoms with E-state index >= 15 is 0 Å². The molecule has 4 aromatic rings. The molecule has 9 nitrogen and oxygen atoms in total. The average molecular weight is 451 g/mol. The van der Waals surface area contributed by atoms with Crippen LogP contribution in [-0.4, -0.2) is 37.7 Å². The smallest absolute Gasteiger partial charge is 0.258 e. The first-order valence-electron chi connectivity index (χ1n) is 9.92. The summed E-state index contributed by atoms with van der Waals surface area (Å²) < 4.78 is 6.92. The first-order valence-corrected chi connectivity index (χ1v) is 10.8. The second-order valence-electron chi connectivity index (χ2n) is 7.10. The zero-order chi connectivity index (χ0) is 22.7. The topological polar surface area (TPSA) is 115 Å². The molecule has 164 valence electrons. The summed E-state index contributed by atoms with van der Waals surface area (Å²) in [4.78, 5) is 32.2. The van der Waals surface area contributed by atoms with Gasteiger partial charge in [0.2, 0.25) is 0 Å². The molecule has 2 N–H and O–H groups in total. The van der Waals surface area contributed by atoms with Gasteiger partial charge in [-0.15, -0.1) is 10.2 Å². The molecule has 10 heteroatoms. The number of H-pyrrole nitrogens is 1. The van der Waals surface area contributed by atoms with Crippen molar-refractivity contribution < 1.29 is 9.53 Å². The van der Waals surface area contributed by atoms with Crippen LogP contribution in [0.25, 0.3) is 10.9 Å². The van der Waals surface area contributed by atoms with E-state index in [2.05, 4.69) is 25.5 Å².